The molecule has 256 valence electrons. The Morgan fingerprint density at radius 1 is 0.500 bits per heavy atom. The quantitative estimate of drug-likeness (QED) is 0.128. The fourth-order valence-electron chi connectivity index (χ4n) is 7.94. The van der Waals surface area contributed by atoms with Crippen LogP contribution >= 0.6 is 0 Å². The average Bonchev–Trinajstić information content (AvgIpc) is 3.91. The number of nitrogens with zero attached hydrogens (tertiary/aromatic N) is 4. The van der Waals surface area contributed by atoms with Gasteiger partial charge in [0.15, 0.2) is 0 Å². The van der Waals surface area contributed by atoms with E-state index in [9.17, 15) is 0 Å². The molecule has 6 heteroatoms. The van der Waals surface area contributed by atoms with Gasteiger partial charge in [0.2, 0.25) is 0 Å². The van der Waals surface area contributed by atoms with Crippen LogP contribution in [0.25, 0.3) is 88.2 Å². The molecule has 11 aromatic rings. The van der Waals surface area contributed by atoms with Crippen LogP contribution in [0.4, 0.5) is 0 Å². The fourth-order valence-corrected chi connectivity index (χ4v) is 7.94. The molecule has 0 bridgehead atoms. The maximum atomic E-state index is 6.61. The van der Waals surface area contributed by atoms with Gasteiger partial charge in [-0.2, -0.15) is 0 Å². The van der Waals surface area contributed by atoms with E-state index in [-0.39, 0.29) is 21.1 Å². The Balaban J connectivity index is 0.00000361. The minimum atomic E-state index is 0. The normalized spacial score (nSPS) is 11.6. The van der Waals surface area contributed by atoms with Crippen LogP contribution in [0.3, 0.4) is 0 Å². The molecule has 0 N–H and O–H groups in total. The van der Waals surface area contributed by atoms with Crippen LogP contribution in [0.2, 0.25) is 0 Å². The molecule has 0 saturated heterocycles. The number of ether oxygens (including phenoxy) is 1. The van der Waals surface area contributed by atoms with Crippen molar-refractivity contribution in [3.63, 3.8) is 0 Å². The van der Waals surface area contributed by atoms with Crippen molar-refractivity contribution in [3.8, 4) is 45.0 Å². The van der Waals surface area contributed by atoms with Gasteiger partial charge in [0.05, 0.1) is 17.0 Å². The van der Waals surface area contributed by atoms with Crippen LogP contribution in [0.1, 0.15) is 0 Å². The second-order valence-corrected chi connectivity index (χ2v) is 13.2. The van der Waals surface area contributed by atoms with E-state index in [1.807, 2.05) is 36.8 Å². The van der Waals surface area contributed by atoms with Crippen LogP contribution in [0.5, 0.6) is 11.5 Å². The van der Waals surface area contributed by atoms with Gasteiger partial charge < -0.3 is 13.5 Å². The average molecular weight is 872 g/mol. The van der Waals surface area contributed by atoms with Gasteiger partial charge in [-0.1, -0.05) is 167 Å². The van der Waals surface area contributed by atoms with E-state index < -0.39 is 0 Å². The van der Waals surface area contributed by atoms with E-state index in [1.54, 1.807) is 0 Å². The summed E-state index contributed by atoms with van der Waals surface area (Å²) in [6.45, 7) is 0. The molecule has 0 unspecified atom stereocenters. The molecule has 5 nitrogen and oxygen atoms in total. The first-order valence-electron chi connectivity index (χ1n) is 17.7. The van der Waals surface area contributed by atoms with Gasteiger partial charge in [0.1, 0.15) is 0 Å². The Kier molecular flexibility index (Phi) is 7.64. The number of pyridine rings is 2. The summed E-state index contributed by atoms with van der Waals surface area (Å²) in [5.74, 6) is 1.17. The molecule has 0 fully saturated rings. The molecule has 0 amide bonds. The minimum absolute atomic E-state index is 0. The molecule has 0 atom stereocenters. The molecule has 0 saturated carbocycles. The number of imidazole rings is 2. The monoisotopic (exact) mass is 871 g/mol. The zero-order valence-corrected chi connectivity index (χ0v) is 31.0. The maximum Gasteiger partial charge on any atom is 2.00 e. The summed E-state index contributed by atoms with van der Waals surface area (Å²) in [6, 6.07) is 59.9. The Hall–Kier alpha value is -6.55. The topological polar surface area (TPSA) is 43.8 Å². The van der Waals surface area contributed by atoms with Gasteiger partial charge in [-0.15, -0.1) is 12.1 Å². The Labute approximate surface area is 325 Å². The summed E-state index contributed by atoms with van der Waals surface area (Å²) < 4.78 is 11.0. The van der Waals surface area contributed by atoms with Crippen LogP contribution in [0, 0.1) is 12.1 Å². The minimum Gasteiger partial charge on any atom is -0.497 e. The van der Waals surface area contributed by atoms with Gasteiger partial charge in [-0.05, 0) is 39.1 Å². The van der Waals surface area contributed by atoms with Crippen molar-refractivity contribution in [1.29, 1.82) is 0 Å². The number of fused-ring (bicyclic) bond motifs is 12. The molecule has 0 spiro atoms. The first-order chi connectivity index (χ1) is 26.3. The standard InChI is InChI=1S/C48H28N4O.Pt/c1-4-12-31(13-5-1)36-24-25-37(32-14-6-2-7-15-32)46-45(36)40-23-21-35(29-42(40)47-49-26-27-51(46)47)53-34-20-22-38-39-18-10-11-19-43(39)52-44(33-16-8-3-9-17-33)30-50-48(52)41(38)28-34;/h1-27,30H;/q-2;+2. The molecule has 54 heavy (non-hydrogen) atoms. The van der Waals surface area contributed by atoms with Gasteiger partial charge in [-0.25, -0.2) is 0 Å². The van der Waals surface area contributed by atoms with Crippen molar-refractivity contribution in [3.05, 3.63) is 182 Å². The molecular formula is C48H28N4OPt. The van der Waals surface area contributed by atoms with Crippen LogP contribution < -0.4 is 4.74 Å². The van der Waals surface area contributed by atoms with Crippen molar-refractivity contribution >= 4 is 54.6 Å². The van der Waals surface area contributed by atoms with Crippen molar-refractivity contribution < 1.29 is 25.8 Å². The Morgan fingerprint density at radius 3 is 1.81 bits per heavy atom. The summed E-state index contributed by atoms with van der Waals surface area (Å²) in [4.78, 5) is 9.81. The molecule has 11 rings (SSSR count). The van der Waals surface area contributed by atoms with E-state index in [0.29, 0.717) is 11.5 Å². The van der Waals surface area contributed by atoms with Gasteiger partial charge in [0.25, 0.3) is 0 Å². The predicted octanol–water partition coefficient (Wildman–Crippen LogP) is 12.0. The smallest absolute Gasteiger partial charge is 0.497 e. The van der Waals surface area contributed by atoms with Crippen molar-refractivity contribution in [2.24, 2.45) is 0 Å². The third-order valence-corrected chi connectivity index (χ3v) is 10.3. The number of hydrogen-bond donors (Lipinski definition) is 0. The predicted molar refractivity (Wildman–Crippen MR) is 214 cm³/mol. The Bertz CT molecular complexity index is 3190. The summed E-state index contributed by atoms with van der Waals surface area (Å²) >= 11 is 0. The summed E-state index contributed by atoms with van der Waals surface area (Å²) in [7, 11) is 0. The molecule has 4 heterocycles. The Morgan fingerprint density at radius 2 is 1.09 bits per heavy atom. The molecule has 0 aliphatic heterocycles. The molecule has 0 aliphatic rings. The number of rotatable bonds is 5. The zero-order valence-electron chi connectivity index (χ0n) is 28.7. The number of aromatic nitrogens is 4. The molecule has 7 aromatic carbocycles. The van der Waals surface area contributed by atoms with Gasteiger partial charge in [0, 0.05) is 46.7 Å². The van der Waals surface area contributed by atoms with E-state index in [4.69, 9.17) is 14.7 Å². The molecular weight excluding hydrogens is 844 g/mol. The molecule has 0 aliphatic carbocycles. The first kappa shape index (κ1) is 32.1. The van der Waals surface area contributed by atoms with Crippen molar-refractivity contribution in [2.75, 3.05) is 0 Å². The summed E-state index contributed by atoms with van der Waals surface area (Å²) in [6.07, 6.45) is 5.85. The fraction of sp³-hybridized carbons (Fsp3) is 0. The van der Waals surface area contributed by atoms with Gasteiger partial charge >= 0.3 is 21.1 Å². The van der Waals surface area contributed by atoms with E-state index in [2.05, 4.69) is 154 Å². The van der Waals surface area contributed by atoms with Crippen LogP contribution in [-0.2, 0) is 21.1 Å². The van der Waals surface area contributed by atoms with Crippen molar-refractivity contribution in [2.45, 2.75) is 0 Å². The SMILES string of the molecule is [Pt+2].[c-]1c(Oc2[c-]c3c(cc2)c2ccccc2n2c(-c4ccccc4)cnc32)ccc2c1c1nccn1c1c(-c3ccccc3)ccc(-c3ccccc3)c21. The molecule has 4 aromatic heterocycles. The second kappa shape index (κ2) is 12.8. The van der Waals surface area contributed by atoms with Crippen molar-refractivity contribution in [1.82, 2.24) is 18.8 Å². The largest absolute Gasteiger partial charge is 2.00 e. The number of hydrogen-bond acceptors (Lipinski definition) is 3. The first-order valence-corrected chi connectivity index (χ1v) is 17.7. The van der Waals surface area contributed by atoms with Crippen LogP contribution in [0.15, 0.2) is 170 Å². The zero-order chi connectivity index (χ0) is 34.9. The molecule has 0 radical (unpaired) electrons. The van der Waals surface area contributed by atoms with Gasteiger partial charge in [-0.3, -0.25) is 9.97 Å². The van der Waals surface area contributed by atoms with E-state index in [1.165, 1.54) is 0 Å². The summed E-state index contributed by atoms with van der Waals surface area (Å²) in [5, 5.41) is 6.18. The van der Waals surface area contributed by atoms with E-state index >= 15 is 0 Å². The third-order valence-electron chi connectivity index (χ3n) is 10.3. The second-order valence-electron chi connectivity index (χ2n) is 13.2. The summed E-state index contributed by atoms with van der Waals surface area (Å²) in [5.41, 5.74) is 10.6. The number of para-hydroxylation sites is 1. The van der Waals surface area contributed by atoms with Crippen LogP contribution in [-0.4, -0.2) is 18.8 Å². The number of benzene rings is 7. The maximum absolute atomic E-state index is 6.61. The third kappa shape index (κ3) is 4.97. The van der Waals surface area contributed by atoms with E-state index in [0.717, 1.165) is 88.2 Å².